The molecule has 92 valence electrons. The van der Waals surface area contributed by atoms with Gasteiger partial charge in [-0.2, -0.15) is 4.98 Å². The van der Waals surface area contributed by atoms with E-state index < -0.39 is 17.6 Å². The van der Waals surface area contributed by atoms with Gasteiger partial charge in [0, 0.05) is 5.69 Å². The second-order valence-corrected chi connectivity index (χ2v) is 4.80. The van der Waals surface area contributed by atoms with Crippen molar-refractivity contribution in [3.05, 3.63) is 27.4 Å². The number of carboxylic acids is 1. The highest BCUT2D eigenvalue weighted by Crippen LogP contribution is 2.30. The second kappa shape index (κ2) is 4.31. The van der Waals surface area contributed by atoms with Crippen LogP contribution in [0.1, 0.15) is 43.1 Å². The number of carboxylic acid groups (broad SMARTS) is 1. The number of aryl methyl sites for hydroxylation is 1. The van der Waals surface area contributed by atoms with E-state index in [1.165, 1.54) is 0 Å². The van der Waals surface area contributed by atoms with Crippen LogP contribution in [0.4, 0.5) is 0 Å². The summed E-state index contributed by atoms with van der Waals surface area (Å²) in [5, 5.41) is 9.27. The molecule has 0 amide bonds. The molecule has 0 bridgehead atoms. The van der Waals surface area contributed by atoms with E-state index in [4.69, 9.17) is 0 Å². The molecular weight excluding hydrogens is 220 g/mol. The normalized spacial score (nSPS) is 15.9. The van der Waals surface area contributed by atoms with Crippen molar-refractivity contribution in [2.45, 2.75) is 39.0 Å². The number of hydrogen-bond acceptors (Lipinski definition) is 3. The topological polar surface area (TPSA) is 83.0 Å². The molecule has 1 atom stereocenters. The second-order valence-electron chi connectivity index (χ2n) is 4.80. The Kier molecular flexibility index (Phi) is 3.00. The number of rotatable bonds is 3. The molecule has 2 N–H and O–H groups in total. The van der Waals surface area contributed by atoms with E-state index in [-0.39, 0.29) is 5.92 Å². The predicted octanol–water partition coefficient (Wildman–Crippen LogP) is 1.08. The summed E-state index contributed by atoms with van der Waals surface area (Å²) < 4.78 is 0. The molecule has 1 aliphatic rings. The summed E-state index contributed by atoms with van der Waals surface area (Å²) in [5.41, 5.74) is 1.83. The number of H-pyrrole nitrogens is 1. The van der Waals surface area contributed by atoms with Crippen LogP contribution in [-0.4, -0.2) is 21.0 Å². The van der Waals surface area contributed by atoms with Gasteiger partial charge in [0.25, 0.3) is 0 Å². The predicted molar refractivity (Wildman–Crippen MR) is 62.1 cm³/mol. The Morgan fingerprint density at radius 1 is 1.41 bits per heavy atom. The fraction of sp³-hybridized carbons (Fsp3) is 0.583. The maximum Gasteiger partial charge on any atom is 0.345 e. The fourth-order valence-corrected chi connectivity index (χ4v) is 2.47. The molecule has 2 rings (SSSR count). The van der Waals surface area contributed by atoms with Crippen molar-refractivity contribution in [3.8, 4) is 0 Å². The van der Waals surface area contributed by atoms with Crippen molar-refractivity contribution in [1.29, 1.82) is 0 Å². The Labute approximate surface area is 98.9 Å². The molecule has 0 fully saturated rings. The summed E-state index contributed by atoms with van der Waals surface area (Å²) in [5.74, 6) is -1.68. The average molecular weight is 236 g/mol. The molecule has 5 heteroatoms. The Morgan fingerprint density at radius 2 is 2.12 bits per heavy atom. The summed E-state index contributed by atoms with van der Waals surface area (Å²) in [6.07, 6.45) is 2.57. The number of aromatic amines is 1. The van der Waals surface area contributed by atoms with Gasteiger partial charge >= 0.3 is 11.7 Å². The van der Waals surface area contributed by atoms with Crippen molar-refractivity contribution in [2.75, 3.05) is 0 Å². The number of hydrogen-bond donors (Lipinski definition) is 2. The summed E-state index contributed by atoms with van der Waals surface area (Å²) in [6, 6.07) is 0. The zero-order chi connectivity index (χ0) is 12.6. The molecule has 0 saturated heterocycles. The van der Waals surface area contributed by atoms with Crippen molar-refractivity contribution < 1.29 is 9.90 Å². The first-order valence-corrected chi connectivity index (χ1v) is 5.85. The van der Waals surface area contributed by atoms with Gasteiger partial charge in [-0.05, 0) is 30.7 Å². The van der Waals surface area contributed by atoms with Crippen LogP contribution < -0.4 is 5.69 Å². The Morgan fingerprint density at radius 3 is 2.71 bits per heavy atom. The summed E-state index contributed by atoms with van der Waals surface area (Å²) in [6.45, 7) is 3.67. The summed E-state index contributed by atoms with van der Waals surface area (Å²) >= 11 is 0. The molecule has 1 aromatic heterocycles. The average Bonchev–Trinajstić information content (AvgIpc) is 2.63. The van der Waals surface area contributed by atoms with Crippen LogP contribution >= 0.6 is 0 Å². The maximum absolute atomic E-state index is 11.4. The van der Waals surface area contributed by atoms with E-state index in [1.54, 1.807) is 0 Å². The number of aromatic nitrogens is 2. The van der Waals surface area contributed by atoms with Gasteiger partial charge in [0.2, 0.25) is 0 Å². The number of aliphatic carboxylic acids is 1. The molecule has 0 aromatic carbocycles. The standard InChI is InChI=1S/C12H16N2O3/c1-6(2)9(11(15)16)10-7-4-3-5-8(7)13-12(17)14-10/h6,9H,3-5H2,1-2H3,(H,15,16)(H,13,14,17). The fourth-order valence-electron chi connectivity index (χ4n) is 2.47. The van der Waals surface area contributed by atoms with Crippen molar-refractivity contribution >= 4 is 5.97 Å². The van der Waals surface area contributed by atoms with Crippen LogP contribution in [0.3, 0.4) is 0 Å². The molecule has 1 aromatic rings. The third-order valence-corrected chi connectivity index (χ3v) is 3.23. The molecule has 1 heterocycles. The minimum atomic E-state index is -0.910. The molecule has 1 unspecified atom stereocenters. The van der Waals surface area contributed by atoms with E-state index in [1.807, 2.05) is 13.8 Å². The maximum atomic E-state index is 11.4. The Balaban J connectivity index is 2.58. The number of nitrogens with zero attached hydrogens (tertiary/aromatic N) is 1. The largest absolute Gasteiger partial charge is 0.481 e. The van der Waals surface area contributed by atoms with E-state index in [0.717, 1.165) is 30.5 Å². The third-order valence-electron chi connectivity index (χ3n) is 3.23. The Bertz CT molecular complexity index is 505. The lowest BCUT2D eigenvalue weighted by Gasteiger charge is -2.18. The van der Waals surface area contributed by atoms with Crippen LogP contribution in [0, 0.1) is 5.92 Å². The highest BCUT2D eigenvalue weighted by molar-refractivity contribution is 5.76. The molecule has 0 spiro atoms. The van der Waals surface area contributed by atoms with Gasteiger partial charge in [-0.3, -0.25) is 4.79 Å². The molecular formula is C12H16N2O3. The molecule has 5 nitrogen and oxygen atoms in total. The van der Waals surface area contributed by atoms with Crippen molar-refractivity contribution in [3.63, 3.8) is 0 Å². The first-order chi connectivity index (χ1) is 8.00. The van der Waals surface area contributed by atoms with Gasteiger partial charge in [-0.1, -0.05) is 13.8 Å². The van der Waals surface area contributed by atoms with E-state index in [0.29, 0.717) is 5.69 Å². The summed E-state index contributed by atoms with van der Waals surface area (Å²) in [7, 11) is 0. The van der Waals surface area contributed by atoms with E-state index in [2.05, 4.69) is 9.97 Å². The SMILES string of the molecule is CC(C)C(C(=O)O)c1nc(=O)[nH]c2c1CCC2. The zero-order valence-corrected chi connectivity index (χ0v) is 9.99. The number of carbonyl (C=O) groups is 1. The minimum absolute atomic E-state index is 0.0773. The molecule has 0 aliphatic heterocycles. The van der Waals surface area contributed by atoms with Gasteiger partial charge in [0.15, 0.2) is 0 Å². The first-order valence-electron chi connectivity index (χ1n) is 5.85. The van der Waals surface area contributed by atoms with Crippen molar-refractivity contribution in [2.24, 2.45) is 5.92 Å². The molecule has 1 aliphatic carbocycles. The smallest absolute Gasteiger partial charge is 0.345 e. The molecule has 0 radical (unpaired) electrons. The highest BCUT2D eigenvalue weighted by atomic mass is 16.4. The number of fused-ring (bicyclic) bond motifs is 1. The third kappa shape index (κ3) is 2.09. The van der Waals surface area contributed by atoms with Crippen LogP contribution in [0.25, 0.3) is 0 Å². The quantitative estimate of drug-likeness (QED) is 0.822. The van der Waals surface area contributed by atoms with Crippen LogP contribution in [0.5, 0.6) is 0 Å². The number of nitrogens with one attached hydrogen (secondary N) is 1. The van der Waals surface area contributed by atoms with Gasteiger partial charge in [-0.15, -0.1) is 0 Å². The van der Waals surface area contributed by atoms with E-state index >= 15 is 0 Å². The van der Waals surface area contributed by atoms with Gasteiger partial charge in [0.05, 0.1) is 5.69 Å². The van der Waals surface area contributed by atoms with Crippen LogP contribution in [-0.2, 0) is 17.6 Å². The van der Waals surface area contributed by atoms with Gasteiger partial charge in [0.1, 0.15) is 5.92 Å². The highest BCUT2D eigenvalue weighted by Gasteiger charge is 2.30. The van der Waals surface area contributed by atoms with Gasteiger partial charge < -0.3 is 10.1 Å². The van der Waals surface area contributed by atoms with Crippen LogP contribution in [0.15, 0.2) is 4.79 Å². The lowest BCUT2D eigenvalue weighted by molar-refractivity contribution is -0.140. The Hall–Kier alpha value is -1.65. The molecule has 0 saturated carbocycles. The monoisotopic (exact) mass is 236 g/mol. The molecule has 17 heavy (non-hydrogen) atoms. The van der Waals surface area contributed by atoms with E-state index in [9.17, 15) is 14.7 Å². The zero-order valence-electron chi connectivity index (χ0n) is 9.99. The summed E-state index contributed by atoms with van der Waals surface area (Å²) in [4.78, 5) is 29.3. The minimum Gasteiger partial charge on any atom is -0.481 e. The van der Waals surface area contributed by atoms with Gasteiger partial charge in [-0.25, -0.2) is 4.79 Å². The van der Waals surface area contributed by atoms with Crippen molar-refractivity contribution in [1.82, 2.24) is 9.97 Å². The lowest BCUT2D eigenvalue weighted by Crippen LogP contribution is -2.25. The first kappa shape index (κ1) is 11.8. The van der Waals surface area contributed by atoms with Crippen LogP contribution in [0.2, 0.25) is 0 Å². The lowest BCUT2D eigenvalue weighted by atomic mass is 9.89.